The van der Waals surface area contributed by atoms with Crippen molar-refractivity contribution in [3.63, 3.8) is 0 Å². The Bertz CT molecular complexity index is 576. The highest BCUT2D eigenvalue weighted by molar-refractivity contribution is 8.00. The predicted octanol–water partition coefficient (Wildman–Crippen LogP) is 4.19. The fraction of sp³-hybridized carbons (Fsp3) is 0.333. The monoisotopic (exact) mass is 307 g/mol. The van der Waals surface area contributed by atoms with Crippen molar-refractivity contribution in [3.8, 4) is 0 Å². The molecule has 1 aromatic carbocycles. The average molecular weight is 307 g/mol. The molecule has 0 aliphatic carbocycles. The molecule has 1 heterocycles. The van der Waals surface area contributed by atoms with Crippen LogP contribution in [0.1, 0.15) is 36.6 Å². The third-order valence-corrected chi connectivity index (χ3v) is 5.01. The van der Waals surface area contributed by atoms with Crippen LogP contribution in [0.3, 0.4) is 0 Å². The van der Waals surface area contributed by atoms with Crippen molar-refractivity contribution in [2.45, 2.75) is 36.3 Å². The minimum absolute atomic E-state index is 0.000144. The summed E-state index contributed by atoms with van der Waals surface area (Å²) in [6.45, 7) is 4.37. The molecular weight excluding hydrogens is 290 g/mol. The van der Waals surface area contributed by atoms with Gasteiger partial charge >= 0.3 is 5.97 Å². The summed E-state index contributed by atoms with van der Waals surface area (Å²) in [4.78, 5) is 14.9. The van der Waals surface area contributed by atoms with Crippen LogP contribution in [0.25, 0.3) is 0 Å². The summed E-state index contributed by atoms with van der Waals surface area (Å²) in [7, 11) is 0. The number of aromatic nitrogens is 1. The fourth-order valence-electron chi connectivity index (χ4n) is 1.73. The third-order valence-electron chi connectivity index (χ3n) is 2.87. The molecular formula is C15H17NO2S2. The zero-order chi connectivity index (χ0) is 14.5. The Kier molecular flexibility index (Phi) is 5.20. The van der Waals surface area contributed by atoms with E-state index in [1.54, 1.807) is 11.8 Å². The first kappa shape index (κ1) is 15.1. The van der Waals surface area contributed by atoms with Gasteiger partial charge in [-0.3, -0.25) is 4.79 Å². The zero-order valence-electron chi connectivity index (χ0n) is 11.5. The lowest BCUT2D eigenvalue weighted by Gasteiger charge is -2.06. The topological polar surface area (TPSA) is 50.2 Å². The van der Waals surface area contributed by atoms with Crippen molar-refractivity contribution in [1.29, 1.82) is 0 Å². The van der Waals surface area contributed by atoms with Crippen LogP contribution in [-0.2, 0) is 17.0 Å². The molecule has 5 heteroatoms. The van der Waals surface area contributed by atoms with E-state index in [-0.39, 0.29) is 6.42 Å². The van der Waals surface area contributed by atoms with E-state index in [1.165, 1.54) is 22.5 Å². The number of thiazole rings is 1. The molecule has 0 spiro atoms. The van der Waals surface area contributed by atoms with Crippen molar-refractivity contribution in [1.82, 2.24) is 4.98 Å². The number of carboxylic acids is 1. The highest BCUT2D eigenvalue weighted by Gasteiger charge is 2.07. The molecule has 0 unspecified atom stereocenters. The number of aliphatic carboxylic acids is 1. The van der Waals surface area contributed by atoms with E-state index in [0.29, 0.717) is 11.6 Å². The standard InChI is InChI=1S/C15H17NO2S2/c1-10(2)12-5-3-11(4-6-12)8-19-15-16-13(9-20-15)7-14(17)18/h3-6,9-10H,7-8H2,1-2H3,(H,17,18). The second kappa shape index (κ2) is 6.90. The molecule has 0 amide bonds. The van der Waals surface area contributed by atoms with Gasteiger partial charge in [-0.2, -0.15) is 0 Å². The van der Waals surface area contributed by atoms with Crippen LogP contribution in [0, 0.1) is 0 Å². The second-order valence-corrected chi connectivity index (χ2v) is 6.94. The lowest BCUT2D eigenvalue weighted by Crippen LogP contribution is -1.99. The van der Waals surface area contributed by atoms with Gasteiger partial charge in [-0.25, -0.2) is 4.98 Å². The minimum atomic E-state index is -0.837. The maximum absolute atomic E-state index is 10.6. The molecule has 0 fully saturated rings. The lowest BCUT2D eigenvalue weighted by molar-refractivity contribution is -0.136. The van der Waals surface area contributed by atoms with Crippen molar-refractivity contribution in [3.05, 3.63) is 46.5 Å². The second-order valence-electron chi connectivity index (χ2n) is 4.86. The number of hydrogen-bond donors (Lipinski definition) is 1. The Labute approximate surface area is 127 Å². The van der Waals surface area contributed by atoms with Gasteiger partial charge in [-0.1, -0.05) is 49.9 Å². The van der Waals surface area contributed by atoms with Crippen molar-refractivity contribution < 1.29 is 9.90 Å². The zero-order valence-corrected chi connectivity index (χ0v) is 13.1. The third kappa shape index (κ3) is 4.35. The molecule has 3 nitrogen and oxygen atoms in total. The molecule has 0 saturated heterocycles. The lowest BCUT2D eigenvalue weighted by atomic mass is 10.0. The minimum Gasteiger partial charge on any atom is -0.481 e. The average Bonchev–Trinajstić information content (AvgIpc) is 2.83. The first-order valence-electron chi connectivity index (χ1n) is 6.42. The fourth-order valence-corrected chi connectivity index (χ4v) is 3.54. The quantitative estimate of drug-likeness (QED) is 0.813. The summed E-state index contributed by atoms with van der Waals surface area (Å²) in [6, 6.07) is 8.62. The molecule has 0 atom stereocenters. The van der Waals surface area contributed by atoms with E-state index < -0.39 is 5.97 Å². The number of carboxylic acid groups (broad SMARTS) is 1. The smallest absolute Gasteiger partial charge is 0.309 e. The largest absolute Gasteiger partial charge is 0.481 e. The Morgan fingerprint density at radius 1 is 1.35 bits per heavy atom. The van der Waals surface area contributed by atoms with Gasteiger partial charge in [-0.15, -0.1) is 11.3 Å². The molecule has 2 rings (SSSR count). The van der Waals surface area contributed by atoms with Crippen molar-refractivity contribution >= 4 is 29.1 Å². The molecule has 0 bridgehead atoms. The summed E-state index contributed by atoms with van der Waals surface area (Å²) in [5, 5.41) is 10.5. The highest BCUT2D eigenvalue weighted by Crippen LogP contribution is 2.27. The number of rotatable bonds is 6. The molecule has 20 heavy (non-hydrogen) atoms. The summed E-state index contributed by atoms with van der Waals surface area (Å²) >= 11 is 3.16. The molecule has 0 aliphatic heterocycles. The van der Waals surface area contributed by atoms with Gasteiger partial charge in [0.15, 0.2) is 0 Å². The van der Waals surface area contributed by atoms with Gasteiger partial charge in [0.1, 0.15) is 4.34 Å². The normalized spacial score (nSPS) is 10.9. The van der Waals surface area contributed by atoms with Crippen LogP contribution in [0.5, 0.6) is 0 Å². The van der Waals surface area contributed by atoms with Crippen LogP contribution in [0.2, 0.25) is 0 Å². The maximum atomic E-state index is 10.6. The van der Waals surface area contributed by atoms with Gasteiger partial charge < -0.3 is 5.11 Å². The Balaban J connectivity index is 1.91. The molecule has 2 aromatic rings. The molecule has 0 radical (unpaired) electrons. The summed E-state index contributed by atoms with van der Waals surface area (Å²) < 4.78 is 0.925. The predicted molar refractivity (Wildman–Crippen MR) is 83.5 cm³/mol. The maximum Gasteiger partial charge on any atom is 0.309 e. The van der Waals surface area contributed by atoms with Crippen LogP contribution in [0.4, 0.5) is 0 Å². The van der Waals surface area contributed by atoms with Gasteiger partial charge in [0, 0.05) is 11.1 Å². The van der Waals surface area contributed by atoms with Gasteiger partial charge in [0.05, 0.1) is 12.1 Å². The number of carbonyl (C=O) groups is 1. The summed E-state index contributed by atoms with van der Waals surface area (Å²) in [6.07, 6.45) is 0.000144. The van der Waals surface area contributed by atoms with E-state index in [2.05, 4.69) is 43.1 Å². The van der Waals surface area contributed by atoms with E-state index >= 15 is 0 Å². The molecule has 1 N–H and O–H groups in total. The molecule has 0 aliphatic rings. The van der Waals surface area contributed by atoms with Crippen LogP contribution >= 0.6 is 23.1 Å². The van der Waals surface area contributed by atoms with Gasteiger partial charge in [0.25, 0.3) is 0 Å². The highest BCUT2D eigenvalue weighted by atomic mass is 32.2. The summed E-state index contributed by atoms with van der Waals surface area (Å²) in [5.41, 5.74) is 3.24. The Hall–Kier alpha value is -1.33. The number of thioether (sulfide) groups is 1. The Morgan fingerprint density at radius 2 is 2.05 bits per heavy atom. The van der Waals surface area contributed by atoms with E-state index in [0.717, 1.165) is 10.1 Å². The molecule has 0 saturated carbocycles. The molecule has 106 valence electrons. The first-order chi connectivity index (χ1) is 9.54. The molecule has 1 aromatic heterocycles. The first-order valence-corrected chi connectivity index (χ1v) is 8.29. The summed E-state index contributed by atoms with van der Waals surface area (Å²) in [5.74, 6) is 0.573. The van der Waals surface area contributed by atoms with E-state index in [1.807, 2.05) is 5.38 Å². The van der Waals surface area contributed by atoms with Crippen LogP contribution in [-0.4, -0.2) is 16.1 Å². The van der Waals surface area contributed by atoms with Gasteiger partial charge in [0.2, 0.25) is 0 Å². The van der Waals surface area contributed by atoms with Crippen molar-refractivity contribution in [2.24, 2.45) is 0 Å². The Morgan fingerprint density at radius 3 is 2.65 bits per heavy atom. The van der Waals surface area contributed by atoms with Crippen LogP contribution < -0.4 is 0 Å². The number of hydrogen-bond acceptors (Lipinski definition) is 4. The SMILES string of the molecule is CC(C)c1ccc(CSc2nc(CC(=O)O)cs2)cc1. The number of nitrogens with zero attached hydrogens (tertiary/aromatic N) is 1. The number of benzene rings is 1. The van der Waals surface area contributed by atoms with Crippen LogP contribution in [0.15, 0.2) is 34.0 Å². The van der Waals surface area contributed by atoms with E-state index in [9.17, 15) is 4.79 Å². The van der Waals surface area contributed by atoms with E-state index in [4.69, 9.17) is 5.11 Å². The van der Waals surface area contributed by atoms with Crippen molar-refractivity contribution in [2.75, 3.05) is 0 Å². The van der Waals surface area contributed by atoms with Gasteiger partial charge in [-0.05, 0) is 17.0 Å².